The van der Waals surface area contributed by atoms with E-state index < -0.39 is 10.0 Å². The Morgan fingerprint density at radius 2 is 2.00 bits per heavy atom. The number of nitrogens with zero attached hydrogens (tertiary/aromatic N) is 1. The van der Waals surface area contributed by atoms with Gasteiger partial charge in [0.05, 0.1) is 10.0 Å². The van der Waals surface area contributed by atoms with Crippen LogP contribution in [0.4, 0.5) is 0 Å². The number of hydrogen-bond donors (Lipinski definition) is 0. The first-order valence-electron chi connectivity index (χ1n) is 5.97. The minimum absolute atomic E-state index is 0.0801. The van der Waals surface area contributed by atoms with Crippen LogP contribution in [-0.2, 0) is 10.0 Å². The Balaban J connectivity index is 2.42. The molecule has 0 unspecified atom stereocenters. The predicted molar refractivity (Wildman–Crippen MR) is 81.3 cm³/mol. The zero-order valence-corrected chi connectivity index (χ0v) is 14.3. The van der Waals surface area contributed by atoms with Crippen LogP contribution in [0.1, 0.15) is 19.8 Å². The van der Waals surface area contributed by atoms with Crippen molar-refractivity contribution in [1.29, 1.82) is 0 Å². The molecule has 1 heterocycles. The summed E-state index contributed by atoms with van der Waals surface area (Å²) >= 11 is 15.2. The summed E-state index contributed by atoms with van der Waals surface area (Å²) in [6.45, 7) is 3.13. The van der Waals surface area contributed by atoms with Crippen molar-refractivity contribution in [2.45, 2.75) is 24.7 Å². The van der Waals surface area contributed by atoms with Crippen molar-refractivity contribution in [2.75, 3.05) is 13.1 Å². The number of rotatable bonds is 2. The predicted octanol–water partition coefficient (Wildman–Crippen LogP) is 4.18. The highest BCUT2D eigenvalue weighted by molar-refractivity contribution is 9.10. The smallest absolute Gasteiger partial charge is 0.207 e. The molecule has 1 aliphatic heterocycles. The van der Waals surface area contributed by atoms with Gasteiger partial charge >= 0.3 is 0 Å². The molecular weight excluding hydrogens is 373 g/mol. The second kappa shape index (κ2) is 5.90. The van der Waals surface area contributed by atoms with Crippen LogP contribution >= 0.6 is 39.1 Å². The van der Waals surface area contributed by atoms with Gasteiger partial charge in [-0.2, -0.15) is 4.31 Å². The molecule has 2 rings (SSSR count). The third-order valence-electron chi connectivity index (χ3n) is 3.21. The monoisotopic (exact) mass is 385 g/mol. The molecular formula is C12H14BrCl2NO2S. The minimum atomic E-state index is -3.57. The third-order valence-corrected chi connectivity index (χ3v) is 6.74. The molecule has 0 aromatic heterocycles. The van der Waals surface area contributed by atoms with Crippen LogP contribution in [0.25, 0.3) is 0 Å². The lowest BCUT2D eigenvalue weighted by Crippen LogP contribution is -2.39. The van der Waals surface area contributed by atoms with Crippen molar-refractivity contribution in [2.24, 2.45) is 5.92 Å². The highest BCUT2D eigenvalue weighted by atomic mass is 79.9. The Hall–Kier alpha value is 0.190. The molecule has 1 fully saturated rings. The van der Waals surface area contributed by atoms with E-state index >= 15 is 0 Å². The van der Waals surface area contributed by atoms with Crippen molar-refractivity contribution in [3.05, 3.63) is 26.7 Å². The molecule has 1 aliphatic rings. The van der Waals surface area contributed by atoms with E-state index in [2.05, 4.69) is 22.9 Å². The molecule has 0 N–H and O–H groups in total. The molecule has 0 bridgehead atoms. The third kappa shape index (κ3) is 3.27. The van der Waals surface area contributed by atoms with Crippen molar-refractivity contribution < 1.29 is 8.42 Å². The van der Waals surface area contributed by atoms with Gasteiger partial charge in [0.25, 0.3) is 0 Å². The van der Waals surface area contributed by atoms with E-state index in [4.69, 9.17) is 23.2 Å². The van der Waals surface area contributed by atoms with Gasteiger partial charge in [-0.3, -0.25) is 0 Å². The molecule has 1 saturated heterocycles. The van der Waals surface area contributed by atoms with Gasteiger partial charge in [-0.15, -0.1) is 0 Å². The molecule has 0 amide bonds. The summed E-state index contributed by atoms with van der Waals surface area (Å²) in [6, 6.07) is 2.92. The molecule has 1 atom stereocenters. The maximum atomic E-state index is 12.6. The SMILES string of the molecule is C[C@@H]1CCCN(S(=O)(=O)c2cc(Cl)c(Br)cc2Cl)C1. The zero-order valence-electron chi connectivity index (χ0n) is 10.4. The van der Waals surface area contributed by atoms with Crippen LogP contribution in [0.15, 0.2) is 21.5 Å². The summed E-state index contributed by atoms with van der Waals surface area (Å²) < 4.78 is 27.3. The lowest BCUT2D eigenvalue weighted by molar-refractivity contribution is 0.281. The first-order chi connectivity index (χ1) is 8.82. The number of benzene rings is 1. The quantitative estimate of drug-likeness (QED) is 0.715. The molecule has 0 aliphatic carbocycles. The maximum Gasteiger partial charge on any atom is 0.244 e. The summed E-state index contributed by atoms with van der Waals surface area (Å²) in [6.07, 6.45) is 1.93. The molecule has 19 heavy (non-hydrogen) atoms. The van der Waals surface area contributed by atoms with Crippen LogP contribution < -0.4 is 0 Å². The molecule has 0 saturated carbocycles. The fraction of sp³-hybridized carbons (Fsp3) is 0.500. The van der Waals surface area contributed by atoms with Crippen LogP contribution in [0.3, 0.4) is 0 Å². The summed E-state index contributed by atoms with van der Waals surface area (Å²) in [4.78, 5) is 0.0801. The molecule has 106 valence electrons. The first kappa shape index (κ1) is 15.6. The van der Waals surface area contributed by atoms with E-state index in [1.54, 1.807) is 0 Å². The fourth-order valence-electron chi connectivity index (χ4n) is 2.21. The zero-order chi connectivity index (χ0) is 14.2. The van der Waals surface area contributed by atoms with Crippen molar-refractivity contribution in [3.63, 3.8) is 0 Å². The first-order valence-corrected chi connectivity index (χ1v) is 8.96. The Labute approximate surface area is 132 Å². The Morgan fingerprint density at radius 3 is 2.63 bits per heavy atom. The van der Waals surface area contributed by atoms with Gasteiger partial charge in [0.15, 0.2) is 0 Å². The summed E-state index contributed by atoms with van der Waals surface area (Å²) in [5, 5.41) is 0.530. The van der Waals surface area contributed by atoms with E-state index in [9.17, 15) is 8.42 Å². The second-order valence-electron chi connectivity index (χ2n) is 4.81. The number of piperidine rings is 1. The van der Waals surface area contributed by atoms with Gasteiger partial charge < -0.3 is 0 Å². The van der Waals surface area contributed by atoms with E-state index in [1.807, 2.05) is 0 Å². The van der Waals surface area contributed by atoms with E-state index in [1.165, 1.54) is 16.4 Å². The van der Waals surface area contributed by atoms with Crippen molar-refractivity contribution in [1.82, 2.24) is 4.31 Å². The molecule has 1 aromatic rings. The van der Waals surface area contributed by atoms with Crippen LogP contribution in [0.2, 0.25) is 10.0 Å². The van der Waals surface area contributed by atoms with E-state index in [-0.39, 0.29) is 9.92 Å². The average Bonchev–Trinajstić information content (AvgIpc) is 2.33. The molecule has 1 aromatic carbocycles. The van der Waals surface area contributed by atoms with Gasteiger partial charge in [-0.1, -0.05) is 30.1 Å². The molecule has 0 radical (unpaired) electrons. The van der Waals surface area contributed by atoms with E-state index in [0.717, 1.165) is 12.8 Å². The minimum Gasteiger partial charge on any atom is -0.207 e. The second-order valence-corrected chi connectivity index (χ2v) is 8.38. The van der Waals surface area contributed by atoms with Crippen LogP contribution in [0.5, 0.6) is 0 Å². The highest BCUT2D eigenvalue weighted by Crippen LogP contribution is 2.34. The fourth-order valence-corrected chi connectivity index (χ4v) is 5.04. The standard InChI is InChI=1S/C12H14BrCl2NO2S/c1-8-3-2-4-16(7-8)19(17,18)12-6-10(14)9(13)5-11(12)15/h5-6,8H,2-4,7H2,1H3/t8-/m1/s1. The van der Waals surface area contributed by atoms with Crippen LogP contribution in [0, 0.1) is 5.92 Å². The summed E-state index contributed by atoms with van der Waals surface area (Å²) in [5.41, 5.74) is 0. The topological polar surface area (TPSA) is 37.4 Å². The average molecular weight is 387 g/mol. The van der Waals surface area contributed by atoms with Gasteiger partial charge in [0, 0.05) is 17.6 Å². The normalized spacial score (nSPS) is 21.6. The Bertz CT molecular complexity index is 592. The van der Waals surface area contributed by atoms with Crippen molar-refractivity contribution in [3.8, 4) is 0 Å². The maximum absolute atomic E-state index is 12.6. The molecule has 0 spiro atoms. The largest absolute Gasteiger partial charge is 0.244 e. The number of sulfonamides is 1. The van der Waals surface area contributed by atoms with Gasteiger partial charge in [-0.25, -0.2) is 8.42 Å². The summed E-state index contributed by atoms with van der Waals surface area (Å²) in [5.74, 6) is 0.369. The Kier molecular flexibility index (Phi) is 4.83. The van der Waals surface area contributed by atoms with Crippen molar-refractivity contribution >= 4 is 49.2 Å². The van der Waals surface area contributed by atoms with Gasteiger partial charge in [0.1, 0.15) is 4.90 Å². The number of hydrogen-bond acceptors (Lipinski definition) is 2. The Morgan fingerprint density at radius 1 is 1.32 bits per heavy atom. The molecule has 3 nitrogen and oxygen atoms in total. The van der Waals surface area contributed by atoms with Crippen LogP contribution in [-0.4, -0.2) is 25.8 Å². The van der Waals surface area contributed by atoms with E-state index in [0.29, 0.717) is 28.5 Å². The number of halogens is 3. The molecule has 7 heteroatoms. The lowest BCUT2D eigenvalue weighted by Gasteiger charge is -2.30. The lowest BCUT2D eigenvalue weighted by atomic mass is 10.0. The highest BCUT2D eigenvalue weighted by Gasteiger charge is 2.30. The summed E-state index contributed by atoms with van der Waals surface area (Å²) in [7, 11) is -3.57. The van der Waals surface area contributed by atoms with Gasteiger partial charge in [0.2, 0.25) is 10.0 Å². The van der Waals surface area contributed by atoms with Gasteiger partial charge in [-0.05, 0) is 46.8 Å².